The highest BCUT2D eigenvalue weighted by molar-refractivity contribution is 14.0. The summed E-state index contributed by atoms with van der Waals surface area (Å²) < 4.78 is 2.23. The van der Waals surface area contributed by atoms with Crippen molar-refractivity contribution in [2.75, 3.05) is 26.2 Å². The molecule has 0 aliphatic carbocycles. The van der Waals surface area contributed by atoms with Crippen molar-refractivity contribution in [1.82, 2.24) is 24.7 Å². The number of likely N-dealkylation sites (tertiary alicyclic amines) is 2. The lowest BCUT2D eigenvalue weighted by Gasteiger charge is -2.39. The molecule has 2 fully saturated rings. The van der Waals surface area contributed by atoms with Crippen molar-refractivity contribution >= 4 is 35.8 Å². The number of halogens is 1. The van der Waals surface area contributed by atoms with Crippen LogP contribution in [-0.2, 0) is 17.9 Å². The Bertz CT molecular complexity index is 882. The molecule has 0 bridgehead atoms. The molecule has 32 heavy (non-hydrogen) atoms. The predicted octanol–water partition coefficient (Wildman–Crippen LogP) is 3.67. The van der Waals surface area contributed by atoms with E-state index >= 15 is 0 Å². The second-order valence-corrected chi connectivity index (χ2v) is 8.69. The van der Waals surface area contributed by atoms with Gasteiger partial charge in [-0.15, -0.1) is 24.0 Å². The highest BCUT2D eigenvalue weighted by atomic mass is 127. The number of aliphatic imine (C=N–C) groups is 1. The summed E-state index contributed by atoms with van der Waals surface area (Å²) >= 11 is 0. The van der Waals surface area contributed by atoms with Gasteiger partial charge in [0.15, 0.2) is 5.96 Å². The van der Waals surface area contributed by atoms with Crippen LogP contribution in [0.4, 0.5) is 0 Å². The maximum Gasteiger partial charge on any atom is 0.222 e. The van der Waals surface area contributed by atoms with E-state index < -0.39 is 0 Å². The molecule has 0 spiro atoms. The monoisotopic (exact) mass is 550 g/mol. The number of carbonyl (C=O) groups is 1. The van der Waals surface area contributed by atoms with E-state index in [-0.39, 0.29) is 29.9 Å². The Morgan fingerprint density at radius 1 is 1.22 bits per heavy atom. The summed E-state index contributed by atoms with van der Waals surface area (Å²) in [6.07, 6.45) is 8.65. The van der Waals surface area contributed by atoms with Crippen LogP contribution < -0.4 is 5.32 Å². The minimum atomic E-state index is 0. The van der Waals surface area contributed by atoms with Crippen LogP contribution in [0.2, 0.25) is 0 Å². The average molecular weight is 550 g/mol. The third kappa shape index (κ3) is 6.02. The summed E-state index contributed by atoms with van der Waals surface area (Å²) in [7, 11) is 0. The quantitative estimate of drug-likeness (QED) is 0.339. The molecule has 2 atom stereocenters. The zero-order chi connectivity index (χ0) is 21.6. The number of piperidine rings is 1. The molecule has 4 rings (SSSR count). The molecule has 7 nitrogen and oxygen atoms in total. The number of benzene rings is 1. The van der Waals surface area contributed by atoms with Gasteiger partial charge in [-0.05, 0) is 36.8 Å². The van der Waals surface area contributed by atoms with Crippen molar-refractivity contribution in [2.24, 2.45) is 10.9 Å². The topological polar surface area (TPSA) is 65.8 Å². The predicted molar refractivity (Wildman–Crippen MR) is 138 cm³/mol. The maximum atomic E-state index is 11.8. The van der Waals surface area contributed by atoms with Crippen molar-refractivity contribution in [3.63, 3.8) is 0 Å². The average Bonchev–Trinajstić information content (AvgIpc) is 3.45. The van der Waals surface area contributed by atoms with Crippen LogP contribution in [0, 0.1) is 5.92 Å². The first-order valence-corrected chi connectivity index (χ1v) is 11.5. The number of imidazole rings is 1. The number of nitrogens with one attached hydrogen (secondary N) is 1. The van der Waals surface area contributed by atoms with Gasteiger partial charge in [-0.3, -0.25) is 4.79 Å². The van der Waals surface area contributed by atoms with E-state index in [4.69, 9.17) is 4.99 Å². The molecule has 2 saturated heterocycles. The van der Waals surface area contributed by atoms with Crippen LogP contribution in [0.15, 0.2) is 48.0 Å². The standard InChI is InChI=1S/C24H34N6O.HI/c1-3-26-24(29-13-10-19(2)22(17-29)30-14-11-25-18-30)27-15-20-6-8-21(9-7-20)16-28-12-4-5-23(28)31;/h6-9,11,14,18-19,22H,3-5,10,12-13,15-17H2,1-2H3,(H,26,27);1H. The SMILES string of the molecule is CCNC(=NCc1ccc(CN2CCCC2=O)cc1)N1CCC(C)C(n2ccnc2)C1.I. The zero-order valence-corrected chi connectivity index (χ0v) is 21.4. The summed E-state index contributed by atoms with van der Waals surface area (Å²) in [6, 6.07) is 8.93. The Morgan fingerprint density at radius 2 is 2.00 bits per heavy atom. The van der Waals surface area contributed by atoms with E-state index in [1.807, 2.05) is 17.4 Å². The van der Waals surface area contributed by atoms with Crippen molar-refractivity contribution in [3.8, 4) is 0 Å². The summed E-state index contributed by atoms with van der Waals surface area (Å²) in [6.45, 7) is 9.48. The fraction of sp³-hybridized carbons (Fsp3) is 0.542. The number of hydrogen-bond acceptors (Lipinski definition) is 3. The van der Waals surface area contributed by atoms with Crippen molar-refractivity contribution in [2.45, 2.75) is 52.2 Å². The van der Waals surface area contributed by atoms with E-state index in [9.17, 15) is 4.79 Å². The minimum Gasteiger partial charge on any atom is -0.357 e. The largest absolute Gasteiger partial charge is 0.357 e. The fourth-order valence-corrected chi connectivity index (χ4v) is 4.53. The van der Waals surface area contributed by atoms with Crippen LogP contribution in [0.1, 0.15) is 50.3 Å². The number of amides is 1. The molecule has 2 aromatic rings. The van der Waals surface area contributed by atoms with Gasteiger partial charge in [-0.1, -0.05) is 31.2 Å². The van der Waals surface area contributed by atoms with E-state index in [0.29, 0.717) is 31.5 Å². The molecule has 2 unspecified atom stereocenters. The molecular formula is C24H35IN6O. The number of guanidine groups is 1. The van der Waals surface area contributed by atoms with Crippen molar-refractivity contribution < 1.29 is 4.79 Å². The molecule has 2 aliphatic heterocycles. The van der Waals surface area contributed by atoms with Gasteiger partial charge in [0, 0.05) is 51.5 Å². The van der Waals surface area contributed by atoms with Gasteiger partial charge < -0.3 is 19.7 Å². The molecule has 0 saturated carbocycles. The lowest BCUT2D eigenvalue weighted by atomic mass is 9.93. The van der Waals surface area contributed by atoms with Crippen molar-refractivity contribution in [1.29, 1.82) is 0 Å². The second kappa shape index (κ2) is 11.7. The van der Waals surface area contributed by atoms with Crippen molar-refractivity contribution in [3.05, 3.63) is 54.1 Å². The lowest BCUT2D eigenvalue weighted by Crippen LogP contribution is -2.49. The molecule has 8 heteroatoms. The first kappa shape index (κ1) is 24.5. The third-order valence-electron chi connectivity index (χ3n) is 6.44. The molecule has 174 valence electrons. The van der Waals surface area contributed by atoms with Crippen LogP contribution in [0.5, 0.6) is 0 Å². The molecule has 0 radical (unpaired) electrons. The molecular weight excluding hydrogens is 515 g/mol. The van der Waals surface area contributed by atoms with Crippen LogP contribution in [0.25, 0.3) is 0 Å². The number of nitrogens with zero attached hydrogens (tertiary/aromatic N) is 5. The number of aromatic nitrogens is 2. The minimum absolute atomic E-state index is 0. The van der Waals surface area contributed by atoms with E-state index in [0.717, 1.165) is 45.0 Å². The molecule has 1 aromatic carbocycles. The van der Waals surface area contributed by atoms with Gasteiger partial charge in [-0.2, -0.15) is 0 Å². The fourth-order valence-electron chi connectivity index (χ4n) is 4.53. The van der Waals surface area contributed by atoms with Crippen LogP contribution in [0.3, 0.4) is 0 Å². The Labute approximate surface area is 208 Å². The Hall–Kier alpha value is -2.10. The van der Waals surface area contributed by atoms with Gasteiger partial charge in [0.1, 0.15) is 0 Å². The summed E-state index contributed by atoms with van der Waals surface area (Å²) in [5.41, 5.74) is 2.37. The number of carbonyl (C=O) groups excluding carboxylic acids is 1. The Balaban J connectivity index is 0.00000289. The lowest BCUT2D eigenvalue weighted by molar-refractivity contribution is -0.128. The molecule has 2 aliphatic rings. The highest BCUT2D eigenvalue weighted by Gasteiger charge is 2.28. The number of rotatable bonds is 6. The first-order chi connectivity index (χ1) is 15.1. The molecule has 1 N–H and O–H groups in total. The maximum absolute atomic E-state index is 11.8. The summed E-state index contributed by atoms with van der Waals surface area (Å²) in [5.74, 6) is 1.86. The van der Waals surface area contributed by atoms with Gasteiger partial charge in [0.2, 0.25) is 5.91 Å². The van der Waals surface area contributed by atoms with Crippen LogP contribution in [-0.4, -0.2) is 57.4 Å². The molecule has 3 heterocycles. The van der Waals surface area contributed by atoms with Gasteiger partial charge in [0.05, 0.1) is 18.9 Å². The van der Waals surface area contributed by atoms with E-state index in [1.54, 1.807) is 0 Å². The van der Waals surface area contributed by atoms with Gasteiger partial charge in [-0.25, -0.2) is 9.98 Å². The summed E-state index contributed by atoms with van der Waals surface area (Å²) in [5, 5.41) is 3.47. The molecule has 1 aromatic heterocycles. The van der Waals surface area contributed by atoms with Crippen LogP contribution >= 0.6 is 24.0 Å². The Morgan fingerprint density at radius 3 is 2.66 bits per heavy atom. The molecule has 1 amide bonds. The normalized spacial score (nSPS) is 21.6. The Kier molecular flexibility index (Phi) is 8.95. The first-order valence-electron chi connectivity index (χ1n) is 11.5. The third-order valence-corrected chi connectivity index (χ3v) is 6.44. The smallest absolute Gasteiger partial charge is 0.222 e. The number of hydrogen-bond donors (Lipinski definition) is 1. The van der Waals surface area contributed by atoms with Gasteiger partial charge >= 0.3 is 0 Å². The van der Waals surface area contributed by atoms with Gasteiger partial charge in [0.25, 0.3) is 0 Å². The zero-order valence-electron chi connectivity index (χ0n) is 19.1. The highest BCUT2D eigenvalue weighted by Crippen LogP contribution is 2.27. The second-order valence-electron chi connectivity index (χ2n) is 8.69. The summed E-state index contributed by atoms with van der Waals surface area (Å²) in [4.78, 5) is 25.3. The van der Waals surface area contributed by atoms with E-state index in [1.165, 1.54) is 11.1 Å². The van der Waals surface area contributed by atoms with E-state index in [2.05, 4.69) is 64.1 Å².